The number of nitrogens with one attached hydrogen (secondary N) is 3. The van der Waals surface area contributed by atoms with E-state index in [1.807, 2.05) is 0 Å². The van der Waals surface area contributed by atoms with Crippen molar-refractivity contribution in [3.8, 4) is 0 Å². The van der Waals surface area contributed by atoms with Gasteiger partial charge in [0, 0.05) is 18.5 Å². The summed E-state index contributed by atoms with van der Waals surface area (Å²) in [5, 5.41) is 8.70. The Morgan fingerprint density at radius 3 is 2.17 bits per heavy atom. The van der Waals surface area contributed by atoms with Crippen molar-refractivity contribution < 1.29 is 19.2 Å². The first-order valence-electron chi connectivity index (χ1n) is 11.0. The minimum Gasteiger partial charge on any atom is -0.368 e. The Labute approximate surface area is 178 Å². The molecular weight excluding hydrogens is 386 g/mol. The number of rotatable bonds is 8. The van der Waals surface area contributed by atoms with E-state index in [9.17, 15) is 19.2 Å². The van der Waals surface area contributed by atoms with Gasteiger partial charge in [-0.25, -0.2) is 0 Å². The SMILES string of the molecule is CN[C@@H](C)C(=O)NC(C(=O)N1CC(NC(=O)C(C)C)CC1C(N)=O)C1CCCCC1. The molecule has 4 amide bonds. The predicted octanol–water partition coefficient (Wildman–Crippen LogP) is -0.114. The van der Waals surface area contributed by atoms with E-state index in [1.165, 1.54) is 4.90 Å². The van der Waals surface area contributed by atoms with Crippen LogP contribution in [0, 0.1) is 11.8 Å². The number of hydrogen-bond acceptors (Lipinski definition) is 5. The highest BCUT2D eigenvalue weighted by molar-refractivity contribution is 5.93. The Hall–Kier alpha value is -2.16. The molecule has 2 fully saturated rings. The van der Waals surface area contributed by atoms with Crippen LogP contribution in [-0.4, -0.2) is 66.3 Å². The lowest BCUT2D eigenvalue weighted by Gasteiger charge is -2.34. The normalized spacial score (nSPS) is 24.4. The third-order valence-electron chi connectivity index (χ3n) is 6.29. The van der Waals surface area contributed by atoms with Gasteiger partial charge in [0.15, 0.2) is 0 Å². The number of likely N-dealkylation sites (tertiary alicyclic amines) is 1. The van der Waals surface area contributed by atoms with Crippen LogP contribution in [0.3, 0.4) is 0 Å². The van der Waals surface area contributed by atoms with Crippen LogP contribution in [-0.2, 0) is 19.2 Å². The van der Waals surface area contributed by atoms with Crippen LogP contribution in [0.5, 0.6) is 0 Å². The minimum atomic E-state index is -0.792. The highest BCUT2D eigenvalue weighted by Crippen LogP contribution is 2.29. The highest BCUT2D eigenvalue weighted by atomic mass is 16.2. The Bertz CT molecular complexity index is 647. The molecule has 1 aliphatic heterocycles. The fourth-order valence-electron chi connectivity index (χ4n) is 4.26. The van der Waals surface area contributed by atoms with E-state index in [-0.39, 0.29) is 48.6 Å². The fraction of sp³-hybridized carbons (Fsp3) is 0.810. The second-order valence-corrected chi connectivity index (χ2v) is 8.90. The van der Waals surface area contributed by atoms with Gasteiger partial charge in [-0.2, -0.15) is 0 Å². The highest BCUT2D eigenvalue weighted by Gasteiger charge is 2.44. The number of nitrogens with two attached hydrogens (primary N) is 1. The molecule has 0 aromatic carbocycles. The minimum absolute atomic E-state index is 0.0251. The average Bonchev–Trinajstić information content (AvgIpc) is 3.15. The number of carbonyl (C=O) groups excluding carboxylic acids is 4. The smallest absolute Gasteiger partial charge is 0.246 e. The first-order valence-corrected chi connectivity index (χ1v) is 11.0. The second-order valence-electron chi connectivity index (χ2n) is 8.90. The molecule has 0 bridgehead atoms. The summed E-state index contributed by atoms with van der Waals surface area (Å²) in [7, 11) is 1.69. The van der Waals surface area contributed by atoms with Crippen molar-refractivity contribution in [1.29, 1.82) is 0 Å². The molecule has 0 radical (unpaired) electrons. The molecule has 1 heterocycles. The summed E-state index contributed by atoms with van der Waals surface area (Å²) in [5.74, 6) is -1.43. The van der Waals surface area contributed by atoms with Gasteiger partial charge in [-0.05, 0) is 39.2 Å². The molecule has 9 nitrogen and oxygen atoms in total. The summed E-state index contributed by atoms with van der Waals surface area (Å²) in [6.45, 7) is 5.52. The molecule has 30 heavy (non-hydrogen) atoms. The molecule has 5 N–H and O–H groups in total. The molecule has 4 atom stereocenters. The predicted molar refractivity (Wildman–Crippen MR) is 113 cm³/mol. The zero-order chi connectivity index (χ0) is 22.4. The molecule has 1 aliphatic carbocycles. The molecule has 0 aromatic heterocycles. The lowest BCUT2D eigenvalue weighted by atomic mass is 9.83. The summed E-state index contributed by atoms with van der Waals surface area (Å²) in [5.41, 5.74) is 5.59. The molecule has 0 aromatic rings. The molecule has 9 heteroatoms. The molecule has 1 saturated carbocycles. The van der Waals surface area contributed by atoms with Crippen molar-refractivity contribution in [2.45, 2.75) is 83.5 Å². The molecule has 2 aliphatic rings. The van der Waals surface area contributed by atoms with E-state index in [4.69, 9.17) is 5.73 Å². The van der Waals surface area contributed by atoms with Gasteiger partial charge in [0.05, 0.1) is 6.04 Å². The van der Waals surface area contributed by atoms with E-state index in [0.29, 0.717) is 0 Å². The number of hydrogen-bond donors (Lipinski definition) is 4. The van der Waals surface area contributed by atoms with E-state index < -0.39 is 24.0 Å². The third kappa shape index (κ3) is 5.93. The number of primary amides is 1. The van der Waals surface area contributed by atoms with Crippen LogP contribution in [0.15, 0.2) is 0 Å². The zero-order valence-electron chi connectivity index (χ0n) is 18.6. The quantitative estimate of drug-likeness (QED) is 0.432. The zero-order valence-corrected chi connectivity index (χ0v) is 18.6. The van der Waals surface area contributed by atoms with Gasteiger partial charge in [0.25, 0.3) is 0 Å². The second kappa shape index (κ2) is 10.7. The lowest BCUT2D eigenvalue weighted by Crippen LogP contribution is -2.58. The van der Waals surface area contributed by atoms with Gasteiger partial charge < -0.3 is 26.6 Å². The van der Waals surface area contributed by atoms with Crippen LogP contribution in [0.4, 0.5) is 0 Å². The number of amides is 4. The van der Waals surface area contributed by atoms with Crippen LogP contribution in [0.25, 0.3) is 0 Å². The Kier molecular flexibility index (Phi) is 8.64. The number of nitrogens with zero attached hydrogens (tertiary/aromatic N) is 1. The van der Waals surface area contributed by atoms with Crippen molar-refractivity contribution >= 4 is 23.6 Å². The summed E-state index contributed by atoms with van der Waals surface area (Å²) in [6, 6.07) is -2.26. The molecule has 1 saturated heterocycles. The van der Waals surface area contributed by atoms with Gasteiger partial charge in [0.2, 0.25) is 23.6 Å². The topological polar surface area (TPSA) is 134 Å². The summed E-state index contributed by atoms with van der Waals surface area (Å²) < 4.78 is 0. The third-order valence-corrected chi connectivity index (χ3v) is 6.29. The van der Waals surface area contributed by atoms with Gasteiger partial charge in [0.1, 0.15) is 12.1 Å². The lowest BCUT2D eigenvalue weighted by molar-refractivity contribution is -0.142. The van der Waals surface area contributed by atoms with Crippen molar-refractivity contribution in [2.75, 3.05) is 13.6 Å². The number of likely N-dealkylation sites (N-methyl/N-ethyl adjacent to an activating group) is 1. The van der Waals surface area contributed by atoms with Gasteiger partial charge in [-0.15, -0.1) is 0 Å². The van der Waals surface area contributed by atoms with E-state index in [1.54, 1.807) is 27.8 Å². The maximum absolute atomic E-state index is 13.5. The average molecular weight is 424 g/mol. The Morgan fingerprint density at radius 1 is 1.00 bits per heavy atom. The molecule has 170 valence electrons. The van der Waals surface area contributed by atoms with Gasteiger partial charge in [-0.1, -0.05) is 33.1 Å². The summed E-state index contributed by atoms with van der Waals surface area (Å²) in [4.78, 5) is 51.7. The van der Waals surface area contributed by atoms with Crippen LogP contribution >= 0.6 is 0 Å². The van der Waals surface area contributed by atoms with Crippen molar-refractivity contribution in [2.24, 2.45) is 17.6 Å². The maximum atomic E-state index is 13.5. The van der Waals surface area contributed by atoms with Crippen molar-refractivity contribution in [3.63, 3.8) is 0 Å². The molecule has 3 unspecified atom stereocenters. The standard InChI is InChI=1S/C21H37N5O4/c1-12(2)19(28)24-15-10-16(18(22)27)26(11-15)21(30)17(14-8-6-5-7-9-14)25-20(29)13(3)23-4/h12-17,23H,5-11H2,1-4H3,(H2,22,27)(H,24,28)(H,25,29)/t13-,15?,16?,17?/m0/s1. The maximum Gasteiger partial charge on any atom is 0.246 e. The molecule has 0 spiro atoms. The summed E-state index contributed by atoms with van der Waals surface area (Å²) in [6.07, 6.45) is 5.14. The van der Waals surface area contributed by atoms with E-state index in [0.717, 1.165) is 32.1 Å². The largest absolute Gasteiger partial charge is 0.368 e. The van der Waals surface area contributed by atoms with Crippen LogP contribution < -0.4 is 21.7 Å². The summed E-state index contributed by atoms with van der Waals surface area (Å²) >= 11 is 0. The van der Waals surface area contributed by atoms with Gasteiger partial charge >= 0.3 is 0 Å². The fourth-order valence-corrected chi connectivity index (χ4v) is 4.26. The van der Waals surface area contributed by atoms with E-state index in [2.05, 4.69) is 16.0 Å². The van der Waals surface area contributed by atoms with Crippen molar-refractivity contribution in [1.82, 2.24) is 20.9 Å². The first kappa shape index (κ1) is 24.1. The van der Waals surface area contributed by atoms with Gasteiger partial charge in [-0.3, -0.25) is 19.2 Å². The Morgan fingerprint density at radius 2 is 1.63 bits per heavy atom. The van der Waals surface area contributed by atoms with E-state index >= 15 is 0 Å². The first-order chi connectivity index (χ1) is 14.1. The molecule has 2 rings (SSSR count). The van der Waals surface area contributed by atoms with Crippen LogP contribution in [0.2, 0.25) is 0 Å². The van der Waals surface area contributed by atoms with Crippen LogP contribution in [0.1, 0.15) is 59.3 Å². The Balaban J connectivity index is 2.21. The molecular formula is C21H37N5O4. The van der Waals surface area contributed by atoms with Crippen molar-refractivity contribution in [3.05, 3.63) is 0 Å². The number of carbonyl (C=O) groups is 4. The monoisotopic (exact) mass is 423 g/mol.